The van der Waals surface area contributed by atoms with Gasteiger partial charge in [0.2, 0.25) is 6.41 Å². The second-order valence-corrected chi connectivity index (χ2v) is 14.1. The highest BCUT2D eigenvalue weighted by Gasteiger charge is 2.33. The smallest absolute Gasteiger partial charge is 0.344 e. The molecule has 0 radical (unpaired) electrons. The van der Waals surface area contributed by atoms with Gasteiger partial charge in [0.25, 0.3) is 5.91 Å². The first-order valence-corrected chi connectivity index (χ1v) is 20.1. The number of phenols is 1. The van der Waals surface area contributed by atoms with Crippen LogP contribution in [0.4, 0.5) is 21.9 Å². The number of carbonyl (C=O) groups excluding carboxylic acids is 4. The van der Waals surface area contributed by atoms with Crippen LogP contribution < -0.4 is 26.0 Å². The molecule has 4 rings (SSSR count). The second kappa shape index (κ2) is 25.5. The first-order valence-electron chi connectivity index (χ1n) is 19.2. The molecule has 322 valence electrons. The number of anilines is 2. The summed E-state index contributed by atoms with van der Waals surface area (Å²) in [5.74, 6) is -1.20. The number of aliphatic hydroxyl groups excluding tert-OH is 1. The molecule has 60 heavy (non-hydrogen) atoms. The van der Waals surface area contributed by atoms with Gasteiger partial charge in [0, 0.05) is 30.0 Å². The molecule has 3 aromatic carbocycles. The van der Waals surface area contributed by atoms with Gasteiger partial charge in [0.05, 0.1) is 56.8 Å². The maximum atomic E-state index is 12.8. The molecule has 0 spiro atoms. The third kappa shape index (κ3) is 16.0. The van der Waals surface area contributed by atoms with Crippen molar-refractivity contribution in [1.82, 2.24) is 15.5 Å². The van der Waals surface area contributed by atoms with Gasteiger partial charge in [-0.1, -0.05) is 36.0 Å². The average molecular weight is 849 g/mol. The lowest BCUT2D eigenvalue weighted by Crippen LogP contribution is -2.31. The third-order valence-corrected chi connectivity index (χ3v) is 9.17. The molecule has 0 fully saturated rings. The number of para-hydroxylation sites is 1. The van der Waals surface area contributed by atoms with E-state index in [0.717, 1.165) is 24.7 Å². The van der Waals surface area contributed by atoms with Crippen molar-refractivity contribution in [3.8, 4) is 11.5 Å². The van der Waals surface area contributed by atoms with Gasteiger partial charge in [-0.15, -0.1) is 0 Å². The molecule has 0 aromatic heterocycles. The zero-order valence-corrected chi connectivity index (χ0v) is 34.7. The van der Waals surface area contributed by atoms with Gasteiger partial charge in [-0.05, 0) is 88.1 Å². The highest BCUT2D eigenvalue weighted by atomic mass is 32.2. The minimum atomic E-state index is -0.680. The van der Waals surface area contributed by atoms with Gasteiger partial charge in [0.1, 0.15) is 23.0 Å². The number of carbonyl (C=O) groups is 4. The number of aliphatic imine (C=N–C) groups is 1. The minimum absolute atomic E-state index is 0.0203. The summed E-state index contributed by atoms with van der Waals surface area (Å²) >= 11 is 1.12. The Bertz CT molecular complexity index is 1990. The number of nitrogens with zero attached hydrogens (tertiary/aromatic N) is 2. The van der Waals surface area contributed by atoms with Crippen LogP contribution in [-0.4, -0.2) is 131 Å². The Labute approximate surface area is 353 Å². The van der Waals surface area contributed by atoms with Crippen LogP contribution >= 0.6 is 11.8 Å². The summed E-state index contributed by atoms with van der Waals surface area (Å²) in [6.45, 7) is 5.24. The van der Waals surface area contributed by atoms with Crippen LogP contribution in [0.25, 0.3) is 6.08 Å². The van der Waals surface area contributed by atoms with Crippen molar-refractivity contribution in [2.75, 3.05) is 97.2 Å². The Morgan fingerprint density at radius 2 is 1.53 bits per heavy atom. The van der Waals surface area contributed by atoms with Crippen molar-refractivity contribution < 1.29 is 53.1 Å². The number of phenolic OH excluding ortho intramolecular Hbond substituents is 1. The molecule has 0 aliphatic carbocycles. The SMILES string of the molecule is CCOC(=O)C1=C(O)/C(=C/c2ccc(OCCOCCOCCOCCNC(=O)c3cc(NC=O)cc(NC(=O)NCCCN(C)C)c3)c(O)c2)SC1=Nc1ccccc1. The number of aromatic hydroxyl groups is 1. The second-order valence-electron chi connectivity index (χ2n) is 13.1. The lowest BCUT2D eigenvalue weighted by molar-refractivity contribution is -0.138. The largest absolute Gasteiger partial charge is 0.506 e. The van der Waals surface area contributed by atoms with Gasteiger partial charge in [-0.2, -0.15) is 0 Å². The average Bonchev–Trinajstić information content (AvgIpc) is 3.52. The van der Waals surface area contributed by atoms with Crippen LogP contribution in [-0.2, 0) is 28.5 Å². The first-order chi connectivity index (χ1) is 29.1. The number of benzene rings is 3. The topological polar surface area (TPSA) is 219 Å². The molecule has 4 amide bonds. The fraction of sp³-hybridized carbons (Fsp3) is 0.357. The molecule has 0 atom stereocenters. The number of esters is 1. The quantitative estimate of drug-likeness (QED) is 0.0373. The number of amides is 4. The third-order valence-electron chi connectivity index (χ3n) is 8.15. The van der Waals surface area contributed by atoms with E-state index in [2.05, 4.69) is 26.3 Å². The van der Waals surface area contributed by atoms with Crippen LogP contribution in [0.2, 0.25) is 0 Å². The predicted molar refractivity (Wildman–Crippen MR) is 230 cm³/mol. The number of urea groups is 1. The van der Waals surface area contributed by atoms with Crippen LogP contribution in [0.15, 0.2) is 88.0 Å². The van der Waals surface area contributed by atoms with E-state index < -0.39 is 17.9 Å². The summed E-state index contributed by atoms with van der Waals surface area (Å²) in [7, 11) is 3.90. The molecule has 18 heteroatoms. The summed E-state index contributed by atoms with van der Waals surface area (Å²) in [6, 6.07) is 18.0. The molecule has 0 unspecified atom stereocenters. The van der Waals surface area contributed by atoms with Gasteiger partial charge < -0.3 is 60.1 Å². The van der Waals surface area contributed by atoms with Crippen molar-refractivity contribution >= 4 is 64.3 Å². The molecule has 0 bridgehead atoms. The number of nitrogens with one attached hydrogen (secondary N) is 4. The van der Waals surface area contributed by atoms with Gasteiger partial charge in [-0.25, -0.2) is 14.6 Å². The molecule has 1 aliphatic heterocycles. The maximum absolute atomic E-state index is 12.8. The molecule has 1 aliphatic rings. The van der Waals surface area contributed by atoms with Crippen LogP contribution in [0, 0.1) is 0 Å². The van der Waals surface area contributed by atoms with E-state index in [4.69, 9.17) is 23.7 Å². The fourth-order valence-electron chi connectivity index (χ4n) is 5.36. The zero-order chi connectivity index (χ0) is 43.1. The molecule has 17 nitrogen and oxygen atoms in total. The fourth-order valence-corrected chi connectivity index (χ4v) is 6.39. The van der Waals surface area contributed by atoms with Crippen molar-refractivity contribution in [2.45, 2.75) is 13.3 Å². The van der Waals surface area contributed by atoms with E-state index in [-0.39, 0.29) is 61.4 Å². The number of aliphatic hydroxyl groups is 1. The van der Waals surface area contributed by atoms with E-state index >= 15 is 0 Å². The molecule has 0 saturated carbocycles. The normalized spacial score (nSPS) is 13.7. The highest BCUT2D eigenvalue weighted by molar-refractivity contribution is 8.18. The van der Waals surface area contributed by atoms with E-state index in [1.54, 1.807) is 43.3 Å². The highest BCUT2D eigenvalue weighted by Crippen LogP contribution is 2.41. The molecule has 6 N–H and O–H groups in total. The van der Waals surface area contributed by atoms with Crippen molar-refractivity contribution in [1.29, 1.82) is 0 Å². The molecular weight excluding hydrogens is 797 g/mol. The van der Waals surface area contributed by atoms with Crippen molar-refractivity contribution in [3.63, 3.8) is 0 Å². The van der Waals surface area contributed by atoms with E-state index in [9.17, 15) is 29.4 Å². The Kier molecular flexibility index (Phi) is 19.9. The Morgan fingerprint density at radius 1 is 0.833 bits per heavy atom. The number of rotatable bonds is 25. The van der Waals surface area contributed by atoms with Crippen LogP contribution in [0.3, 0.4) is 0 Å². The van der Waals surface area contributed by atoms with E-state index in [1.807, 2.05) is 37.2 Å². The van der Waals surface area contributed by atoms with Gasteiger partial charge in [0.15, 0.2) is 11.5 Å². The van der Waals surface area contributed by atoms with Crippen molar-refractivity contribution in [2.24, 2.45) is 4.99 Å². The zero-order valence-electron chi connectivity index (χ0n) is 33.9. The van der Waals surface area contributed by atoms with Crippen molar-refractivity contribution in [3.05, 3.63) is 94.1 Å². The number of ether oxygens (including phenoxy) is 5. The Hall–Kier alpha value is -5.92. The maximum Gasteiger partial charge on any atom is 0.344 e. The monoisotopic (exact) mass is 848 g/mol. The number of hydrogen-bond acceptors (Lipinski definition) is 14. The van der Waals surface area contributed by atoms with E-state index in [1.165, 1.54) is 18.2 Å². The number of thioether (sulfide) groups is 1. The van der Waals surface area contributed by atoms with Gasteiger partial charge in [-0.3, -0.25) is 9.59 Å². The number of hydrogen-bond donors (Lipinski definition) is 6. The lowest BCUT2D eigenvalue weighted by Gasteiger charge is -2.13. The molecule has 0 saturated heterocycles. The van der Waals surface area contributed by atoms with E-state index in [0.29, 0.717) is 72.0 Å². The molecule has 1 heterocycles. The summed E-state index contributed by atoms with van der Waals surface area (Å²) in [4.78, 5) is 55.7. The summed E-state index contributed by atoms with van der Waals surface area (Å²) in [6.07, 6.45) is 2.89. The summed E-state index contributed by atoms with van der Waals surface area (Å²) in [5.41, 5.74) is 2.10. The minimum Gasteiger partial charge on any atom is -0.506 e. The van der Waals surface area contributed by atoms with Crippen LogP contribution in [0.5, 0.6) is 11.5 Å². The predicted octanol–water partition coefficient (Wildman–Crippen LogP) is 5.09. The summed E-state index contributed by atoms with van der Waals surface area (Å²) < 4.78 is 27.4. The van der Waals surface area contributed by atoms with Crippen LogP contribution in [0.1, 0.15) is 29.3 Å². The summed E-state index contributed by atoms with van der Waals surface area (Å²) in [5, 5.41) is 32.5. The molecular formula is C42H52N6O11S. The first kappa shape index (κ1) is 46.8. The Morgan fingerprint density at radius 3 is 2.22 bits per heavy atom. The molecule has 3 aromatic rings. The lowest BCUT2D eigenvalue weighted by atomic mass is 10.1. The standard InChI is InChI=1S/C42H52N6O11S/c1-4-58-41(53)37-38(51)36(60-40(37)46-31-9-6-5-7-10-31)24-29-11-12-35(34(50)23-29)59-22-21-57-20-19-56-18-17-55-16-14-43-39(52)30-25-32(45-28-49)27-33(26-30)47-42(54)44-13-8-15-48(2)3/h5-7,9-12,23-28,50-51H,4,8,13-22H2,1-3H3,(H,43,52)(H,45,49)(H2,44,47,54)/b36-24-,46-40?. The Balaban J connectivity index is 1.09. The van der Waals surface area contributed by atoms with Gasteiger partial charge >= 0.3 is 12.0 Å².